The molecule has 3 aliphatic carbocycles. The Labute approximate surface area is 361 Å². The van der Waals surface area contributed by atoms with Gasteiger partial charge in [0.2, 0.25) is 0 Å². The van der Waals surface area contributed by atoms with Gasteiger partial charge >= 0.3 is 0 Å². The normalized spacial score (nSPS) is 16.6. The van der Waals surface area contributed by atoms with Crippen molar-refractivity contribution < 1.29 is 0 Å². The summed E-state index contributed by atoms with van der Waals surface area (Å²) in [6.45, 7) is 11.1. The minimum absolute atomic E-state index is 0.149. The second-order valence-electron chi connectivity index (χ2n) is 17.2. The zero-order chi connectivity index (χ0) is 41.0. The summed E-state index contributed by atoms with van der Waals surface area (Å²) in [4.78, 5) is 2.54. The van der Waals surface area contributed by atoms with Crippen LogP contribution >= 0.6 is 11.3 Å². The molecule has 9 aromatic rings. The lowest BCUT2D eigenvalue weighted by Crippen LogP contribution is -2.26. The SMILES string of the molecule is C=C/C=C\C1=C(C)C2(c3ccccc31)c1ccccc1-c1ccc(N(c3ccc4c(c3)C(C)(C)c3ccccc3-4)c3ccccc3-c3cccc4c3sc3ccccc34)cc12. The van der Waals surface area contributed by atoms with Crippen molar-refractivity contribution in [2.75, 3.05) is 4.90 Å². The fourth-order valence-corrected chi connectivity index (χ4v) is 12.5. The number of nitrogens with zero attached hydrogens (tertiary/aromatic N) is 1. The summed E-state index contributed by atoms with van der Waals surface area (Å²) in [6.07, 6.45) is 6.21. The van der Waals surface area contributed by atoms with E-state index in [0.717, 1.165) is 17.1 Å². The first-order chi connectivity index (χ1) is 29.9. The van der Waals surface area contributed by atoms with E-state index in [1.165, 1.54) is 98.1 Å². The molecule has 1 aromatic heterocycles. The minimum atomic E-state index is -0.450. The first kappa shape index (κ1) is 35.9. The molecule has 0 bridgehead atoms. The number of hydrogen-bond donors (Lipinski definition) is 0. The second kappa shape index (κ2) is 13.3. The van der Waals surface area contributed by atoms with Gasteiger partial charge in [-0.3, -0.25) is 0 Å². The van der Waals surface area contributed by atoms with Crippen LogP contribution in [0.5, 0.6) is 0 Å². The van der Waals surface area contributed by atoms with Gasteiger partial charge in [-0.05, 0) is 110 Å². The minimum Gasteiger partial charge on any atom is -0.310 e. The highest BCUT2D eigenvalue weighted by Crippen LogP contribution is 2.63. The quantitative estimate of drug-likeness (QED) is 0.152. The van der Waals surface area contributed by atoms with Crippen LogP contribution in [0.3, 0.4) is 0 Å². The molecule has 290 valence electrons. The van der Waals surface area contributed by atoms with E-state index in [-0.39, 0.29) is 5.41 Å². The summed E-state index contributed by atoms with van der Waals surface area (Å²) in [7, 11) is 0. The number of para-hydroxylation sites is 1. The largest absolute Gasteiger partial charge is 0.310 e. The standard InChI is InChI=1S/C59H43NS/c1-5-6-18-40-37(2)59(51-27-13-8-19-41(40)51)52-28-14-9-21-43(52)45-34-32-39(36-54(45)59)60(38-31-33-44-42-20-7-12-26-50(42)58(3,4)53(44)35-38)55-29-15-10-22-46(55)48-24-17-25-49-47-23-11-16-30-56(47)61-57(48)49/h5-36H,1H2,2-4H3/b18-6-. The van der Waals surface area contributed by atoms with Crippen molar-refractivity contribution in [2.45, 2.75) is 31.6 Å². The summed E-state index contributed by atoms with van der Waals surface area (Å²) in [5, 5.41) is 2.61. The van der Waals surface area contributed by atoms with Crippen LogP contribution in [0.25, 0.3) is 59.1 Å². The van der Waals surface area contributed by atoms with Crippen molar-refractivity contribution in [1.82, 2.24) is 0 Å². The third kappa shape index (κ3) is 4.88. The van der Waals surface area contributed by atoms with Crippen LogP contribution in [0.2, 0.25) is 0 Å². The molecule has 12 rings (SSSR count). The van der Waals surface area contributed by atoms with Crippen molar-refractivity contribution in [3.8, 4) is 33.4 Å². The van der Waals surface area contributed by atoms with Crippen LogP contribution in [0.15, 0.2) is 206 Å². The van der Waals surface area contributed by atoms with Crippen molar-refractivity contribution in [2.24, 2.45) is 0 Å². The van der Waals surface area contributed by atoms with E-state index >= 15 is 0 Å². The fraction of sp³-hybridized carbons (Fsp3) is 0.0847. The molecule has 1 atom stereocenters. The Balaban J connectivity index is 1.14. The average molecular weight is 798 g/mol. The van der Waals surface area contributed by atoms with Crippen LogP contribution < -0.4 is 4.90 Å². The van der Waals surface area contributed by atoms with E-state index < -0.39 is 5.41 Å². The van der Waals surface area contributed by atoms with Crippen LogP contribution in [0.4, 0.5) is 17.1 Å². The molecule has 1 unspecified atom stereocenters. The highest BCUT2D eigenvalue weighted by molar-refractivity contribution is 7.26. The molecule has 1 heterocycles. The third-order valence-electron chi connectivity index (χ3n) is 13.9. The van der Waals surface area contributed by atoms with Crippen molar-refractivity contribution >= 4 is 54.1 Å². The lowest BCUT2D eigenvalue weighted by molar-refractivity contribution is 0.660. The summed E-state index contributed by atoms with van der Waals surface area (Å²) < 4.78 is 2.62. The van der Waals surface area contributed by atoms with Gasteiger partial charge in [-0.25, -0.2) is 0 Å². The van der Waals surface area contributed by atoms with Gasteiger partial charge in [0.1, 0.15) is 0 Å². The van der Waals surface area contributed by atoms with Gasteiger partial charge in [0.25, 0.3) is 0 Å². The Kier molecular flexibility index (Phi) is 7.80. The molecule has 8 aromatic carbocycles. The molecule has 1 nitrogen and oxygen atoms in total. The molecule has 0 N–H and O–H groups in total. The molecule has 0 saturated carbocycles. The third-order valence-corrected chi connectivity index (χ3v) is 15.2. The average Bonchev–Trinajstić information content (AvgIpc) is 3.97. The molecule has 0 amide bonds. The predicted molar refractivity (Wildman–Crippen MR) is 261 cm³/mol. The smallest absolute Gasteiger partial charge is 0.0686 e. The van der Waals surface area contributed by atoms with E-state index in [1.54, 1.807) is 0 Å². The Morgan fingerprint density at radius 3 is 1.79 bits per heavy atom. The fourth-order valence-electron chi connectivity index (χ4n) is 11.2. The van der Waals surface area contributed by atoms with E-state index in [2.05, 4.69) is 220 Å². The van der Waals surface area contributed by atoms with Gasteiger partial charge in [0, 0.05) is 48.1 Å². The molecule has 0 fully saturated rings. The molecular formula is C59H43NS. The molecular weight excluding hydrogens is 755 g/mol. The number of fused-ring (bicyclic) bond motifs is 13. The number of benzene rings is 8. The van der Waals surface area contributed by atoms with E-state index in [9.17, 15) is 0 Å². The maximum Gasteiger partial charge on any atom is 0.0686 e. The molecule has 0 saturated heterocycles. The first-order valence-corrected chi connectivity index (χ1v) is 22.1. The van der Waals surface area contributed by atoms with Crippen LogP contribution in [-0.4, -0.2) is 0 Å². The van der Waals surface area contributed by atoms with Crippen molar-refractivity contribution in [3.63, 3.8) is 0 Å². The first-order valence-electron chi connectivity index (χ1n) is 21.3. The van der Waals surface area contributed by atoms with Crippen LogP contribution in [0, 0.1) is 0 Å². The highest BCUT2D eigenvalue weighted by atomic mass is 32.1. The topological polar surface area (TPSA) is 3.24 Å². The number of thiophene rings is 1. The maximum atomic E-state index is 4.04. The zero-order valence-corrected chi connectivity index (χ0v) is 35.4. The Morgan fingerprint density at radius 2 is 1.03 bits per heavy atom. The summed E-state index contributed by atoms with van der Waals surface area (Å²) in [5.74, 6) is 0. The summed E-state index contributed by atoms with van der Waals surface area (Å²) >= 11 is 1.89. The summed E-state index contributed by atoms with van der Waals surface area (Å²) in [5.41, 5.74) is 21.2. The van der Waals surface area contributed by atoms with Gasteiger partial charge in [0.15, 0.2) is 0 Å². The van der Waals surface area contributed by atoms with Gasteiger partial charge in [-0.15, -0.1) is 11.3 Å². The van der Waals surface area contributed by atoms with Gasteiger partial charge < -0.3 is 4.90 Å². The van der Waals surface area contributed by atoms with Crippen molar-refractivity contribution in [3.05, 3.63) is 240 Å². The van der Waals surface area contributed by atoms with E-state index in [1.807, 2.05) is 17.4 Å². The molecule has 2 heteroatoms. The van der Waals surface area contributed by atoms with Gasteiger partial charge in [-0.1, -0.05) is 178 Å². The number of rotatable bonds is 6. The second-order valence-corrected chi connectivity index (χ2v) is 18.3. The highest BCUT2D eigenvalue weighted by Gasteiger charge is 2.51. The Bertz CT molecular complexity index is 3390. The van der Waals surface area contributed by atoms with Crippen molar-refractivity contribution in [1.29, 1.82) is 0 Å². The van der Waals surface area contributed by atoms with Gasteiger partial charge in [0.05, 0.1) is 11.1 Å². The molecule has 61 heavy (non-hydrogen) atoms. The van der Waals surface area contributed by atoms with E-state index in [0.29, 0.717) is 0 Å². The maximum absolute atomic E-state index is 4.04. The monoisotopic (exact) mass is 797 g/mol. The molecule has 3 aliphatic rings. The molecule has 1 spiro atoms. The predicted octanol–water partition coefficient (Wildman–Crippen LogP) is 16.3. The summed E-state index contributed by atoms with van der Waals surface area (Å²) in [6, 6.07) is 66.2. The van der Waals surface area contributed by atoms with Crippen LogP contribution in [-0.2, 0) is 10.8 Å². The Hall–Kier alpha value is -7.00. The Morgan fingerprint density at radius 1 is 0.492 bits per heavy atom. The van der Waals surface area contributed by atoms with E-state index in [4.69, 9.17) is 0 Å². The number of hydrogen-bond acceptors (Lipinski definition) is 2. The zero-order valence-electron chi connectivity index (χ0n) is 34.5. The van der Waals surface area contributed by atoms with Crippen LogP contribution in [0.1, 0.15) is 54.2 Å². The lowest BCUT2D eigenvalue weighted by atomic mass is 9.70. The molecule has 0 aliphatic heterocycles. The lowest BCUT2D eigenvalue weighted by Gasteiger charge is -2.33. The van der Waals surface area contributed by atoms with Gasteiger partial charge in [-0.2, -0.15) is 0 Å². The number of allylic oxidation sites excluding steroid dienone is 5. The molecule has 0 radical (unpaired) electrons. The number of anilines is 3.